The molecule has 25 heavy (non-hydrogen) atoms. The van der Waals surface area contributed by atoms with Crippen LogP contribution in [0.2, 0.25) is 0 Å². The van der Waals surface area contributed by atoms with Gasteiger partial charge in [0.2, 0.25) is 0 Å². The third-order valence-electron chi connectivity index (χ3n) is 4.27. The van der Waals surface area contributed by atoms with Crippen LogP contribution in [0, 0.1) is 0 Å². The number of carbonyl (C=O) groups is 1. The number of allylic oxidation sites excluding steroid dienone is 6. The zero-order chi connectivity index (χ0) is 18.4. The molecular weight excluding hydrogens is 308 g/mol. The molecule has 0 saturated carbocycles. The highest BCUT2D eigenvalue weighted by atomic mass is 16.5. The van der Waals surface area contributed by atoms with Crippen LogP contribution in [0.3, 0.4) is 0 Å². The van der Waals surface area contributed by atoms with E-state index in [4.69, 9.17) is 0 Å². The summed E-state index contributed by atoms with van der Waals surface area (Å²) in [6.07, 6.45) is 30.2. The molecule has 2 nitrogen and oxygen atoms in total. The molecule has 0 bridgehead atoms. The number of unbranched alkanes of at least 4 members (excludes halogenated alkanes) is 10. The topological polar surface area (TPSA) is 26.3 Å². The summed E-state index contributed by atoms with van der Waals surface area (Å²) in [7, 11) is 1.43. The first-order valence-electron chi connectivity index (χ1n) is 10.3. The van der Waals surface area contributed by atoms with Crippen molar-refractivity contribution in [1.82, 2.24) is 0 Å². The van der Waals surface area contributed by atoms with E-state index >= 15 is 0 Å². The maximum absolute atomic E-state index is 10.9. The molecule has 0 aromatic carbocycles. The van der Waals surface area contributed by atoms with Crippen molar-refractivity contribution in [3.8, 4) is 0 Å². The summed E-state index contributed by atoms with van der Waals surface area (Å²) in [5, 5.41) is 0. The lowest BCUT2D eigenvalue weighted by Crippen LogP contribution is -1.97. The fourth-order valence-electron chi connectivity index (χ4n) is 2.70. The van der Waals surface area contributed by atoms with Gasteiger partial charge in [0.25, 0.3) is 0 Å². The molecule has 0 amide bonds. The molecule has 0 saturated heterocycles. The Morgan fingerprint density at radius 2 is 1.16 bits per heavy atom. The fourth-order valence-corrected chi connectivity index (χ4v) is 2.70. The van der Waals surface area contributed by atoms with Crippen LogP contribution in [0.4, 0.5) is 0 Å². The Kier molecular flexibility index (Phi) is 19.6. The molecule has 0 aromatic rings. The number of hydrogen-bond donors (Lipinski definition) is 0. The number of hydrogen-bond acceptors (Lipinski definition) is 2. The van der Waals surface area contributed by atoms with Gasteiger partial charge in [-0.1, -0.05) is 88.3 Å². The summed E-state index contributed by atoms with van der Waals surface area (Å²) in [5.41, 5.74) is 0. The predicted octanol–water partition coefficient (Wildman–Crippen LogP) is 7.31. The average molecular weight is 349 g/mol. The zero-order valence-electron chi connectivity index (χ0n) is 16.7. The monoisotopic (exact) mass is 348 g/mol. The van der Waals surface area contributed by atoms with Crippen LogP contribution in [0.1, 0.15) is 96.8 Å². The van der Waals surface area contributed by atoms with Gasteiger partial charge in [-0.05, 0) is 38.5 Å². The van der Waals surface area contributed by atoms with E-state index in [-0.39, 0.29) is 5.97 Å². The summed E-state index contributed by atoms with van der Waals surface area (Å²) in [5.74, 6) is -0.141. The van der Waals surface area contributed by atoms with E-state index in [2.05, 4.69) is 36.0 Å². The molecular formula is C23H40O2. The number of methoxy groups -OCH3 is 1. The minimum absolute atomic E-state index is 0.141. The molecule has 2 heteroatoms. The lowest BCUT2D eigenvalue weighted by molar-refractivity contribution is -0.140. The van der Waals surface area contributed by atoms with Crippen molar-refractivity contribution in [2.45, 2.75) is 96.8 Å². The van der Waals surface area contributed by atoms with E-state index in [0.29, 0.717) is 6.42 Å². The second kappa shape index (κ2) is 20.7. The van der Waals surface area contributed by atoms with E-state index in [1.165, 1.54) is 77.7 Å². The van der Waals surface area contributed by atoms with Crippen LogP contribution in [0.25, 0.3) is 0 Å². The number of rotatable bonds is 17. The van der Waals surface area contributed by atoms with Crippen molar-refractivity contribution in [2.75, 3.05) is 7.11 Å². The van der Waals surface area contributed by atoms with E-state index in [0.717, 1.165) is 12.8 Å². The van der Waals surface area contributed by atoms with Crippen molar-refractivity contribution in [1.29, 1.82) is 0 Å². The smallest absolute Gasteiger partial charge is 0.305 e. The number of esters is 1. The molecule has 144 valence electrons. The third-order valence-corrected chi connectivity index (χ3v) is 4.27. The zero-order valence-corrected chi connectivity index (χ0v) is 16.7. The third kappa shape index (κ3) is 20.6. The van der Waals surface area contributed by atoms with E-state index in [1.54, 1.807) is 0 Å². The molecule has 0 radical (unpaired) electrons. The van der Waals surface area contributed by atoms with Crippen molar-refractivity contribution in [2.24, 2.45) is 0 Å². The lowest BCUT2D eigenvalue weighted by atomic mass is 10.1. The predicted molar refractivity (Wildman–Crippen MR) is 110 cm³/mol. The van der Waals surface area contributed by atoms with E-state index in [9.17, 15) is 4.79 Å². The van der Waals surface area contributed by atoms with Crippen molar-refractivity contribution in [3.63, 3.8) is 0 Å². The van der Waals surface area contributed by atoms with Gasteiger partial charge in [-0.2, -0.15) is 0 Å². The molecule has 0 fully saturated rings. The van der Waals surface area contributed by atoms with Crippen LogP contribution in [0.15, 0.2) is 36.5 Å². The van der Waals surface area contributed by atoms with Gasteiger partial charge >= 0.3 is 5.97 Å². The largest absolute Gasteiger partial charge is 0.469 e. The molecule has 0 atom stereocenters. The first-order valence-corrected chi connectivity index (χ1v) is 10.3. The summed E-state index contributed by atoms with van der Waals surface area (Å²) < 4.78 is 4.59. The molecule has 0 aromatic heterocycles. The maximum Gasteiger partial charge on any atom is 0.305 e. The van der Waals surface area contributed by atoms with Crippen molar-refractivity contribution in [3.05, 3.63) is 36.5 Å². The second-order valence-corrected chi connectivity index (χ2v) is 6.61. The summed E-state index contributed by atoms with van der Waals surface area (Å²) in [4.78, 5) is 10.9. The number of carbonyl (C=O) groups excluding carboxylic acids is 1. The molecule has 0 aliphatic heterocycles. The summed E-state index contributed by atoms with van der Waals surface area (Å²) >= 11 is 0. The van der Waals surface area contributed by atoms with Crippen LogP contribution >= 0.6 is 0 Å². The van der Waals surface area contributed by atoms with Gasteiger partial charge in [-0.15, -0.1) is 0 Å². The van der Waals surface area contributed by atoms with Gasteiger partial charge in [0.1, 0.15) is 0 Å². The Morgan fingerprint density at radius 3 is 1.68 bits per heavy atom. The Bertz CT molecular complexity index is 366. The Balaban J connectivity index is 3.20. The summed E-state index contributed by atoms with van der Waals surface area (Å²) in [6.45, 7) is 2.19. The van der Waals surface area contributed by atoms with E-state index in [1.807, 2.05) is 12.2 Å². The molecule has 0 aliphatic carbocycles. The fraction of sp³-hybridized carbons (Fsp3) is 0.696. The standard InChI is InChI=1S/C23H40O2/c1-3-4-5-6-7-8-9-10-11-12-13-14-15-16-17-18-19-20-21-22-23(24)25-2/h4-5,17-20H,3,6-16,21-22H2,1-2H3/b5-4+,18-17+,20-19+. The van der Waals surface area contributed by atoms with Gasteiger partial charge in [0.05, 0.1) is 7.11 Å². The first kappa shape index (κ1) is 23.7. The van der Waals surface area contributed by atoms with Gasteiger partial charge in [-0.25, -0.2) is 0 Å². The van der Waals surface area contributed by atoms with Gasteiger partial charge < -0.3 is 4.74 Å². The van der Waals surface area contributed by atoms with Crippen LogP contribution < -0.4 is 0 Å². The Hall–Kier alpha value is -1.31. The normalized spacial score (nSPS) is 11.9. The highest BCUT2D eigenvalue weighted by Crippen LogP contribution is 2.11. The second-order valence-electron chi connectivity index (χ2n) is 6.61. The van der Waals surface area contributed by atoms with Gasteiger partial charge in [-0.3, -0.25) is 4.79 Å². The minimum atomic E-state index is -0.141. The average Bonchev–Trinajstić information content (AvgIpc) is 2.63. The first-order chi connectivity index (χ1) is 12.3. The SMILES string of the molecule is CC/C=C/CCCCCCCCCCC/C=C/C=C/CCC(=O)OC. The quantitative estimate of drug-likeness (QED) is 0.119. The molecule has 0 rings (SSSR count). The van der Waals surface area contributed by atoms with Gasteiger partial charge in [0.15, 0.2) is 0 Å². The van der Waals surface area contributed by atoms with Crippen LogP contribution in [-0.2, 0) is 9.53 Å². The van der Waals surface area contributed by atoms with Crippen molar-refractivity contribution >= 4 is 5.97 Å². The summed E-state index contributed by atoms with van der Waals surface area (Å²) in [6, 6.07) is 0. The molecule has 0 spiro atoms. The maximum atomic E-state index is 10.9. The molecule has 0 unspecified atom stereocenters. The van der Waals surface area contributed by atoms with Crippen LogP contribution in [0.5, 0.6) is 0 Å². The minimum Gasteiger partial charge on any atom is -0.469 e. The van der Waals surface area contributed by atoms with Crippen molar-refractivity contribution < 1.29 is 9.53 Å². The van der Waals surface area contributed by atoms with E-state index < -0.39 is 0 Å². The Labute approximate surface area is 156 Å². The molecule has 0 N–H and O–H groups in total. The van der Waals surface area contributed by atoms with Gasteiger partial charge in [0, 0.05) is 6.42 Å². The highest BCUT2D eigenvalue weighted by molar-refractivity contribution is 5.69. The Morgan fingerprint density at radius 1 is 0.680 bits per heavy atom. The highest BCUT2D eigenvalue weighted by Gasteiger charge is 1.95. The lowest BCUT2D eigenvalue weighted by Gasteiger charge is -2.01. The number of ether oxygens (including phenoxy) is 1. The van der Waals surface area contributed by atoms with Crippen LogP contribution in [-0.4, -0.2) is 13.1 Å². The molecule has 0 heterocycles. The molecule has 0 aliphatic rings.